The molecule has 0 radical (unpaired) electrons. The normalized spacial score (nSPS) is 12.6. The largest absolute Gasteiger partial charge is 0.508 e. The number of Topliss-reactive ketones (excluding diaryl/α,β-unsaturated/α-hetero) is 2. The van der Waals surface area contributed by atoms with Gasteiger partial charge in [0.2, 0.25) is 0 Å². The highest BCUT2D eigenvalue weighted by atomic mass is 19.3. The molecular formula is C37H47F2NO5. The van der Waals surface area contributed by atoms with E-state index in [1.54, 1.807) is 55.6 Å². The molecule has 0 aliphatic heterocycles. The molecule has 2 atom stereocenters. The van der Waals surface area contributed by atoms with Gasteiger partial charge in [-0.25, -0.2) is 0 Å². The fourth-order valence-corrected chi connectivity index (χ4v) is 5.59. The summed E-state index contributed by atoms with van der Waals surface area (Å²) in [6.07, 6.45) is 7.21. The summed E-state index contributed by atoms with van der Waals surface area (Å²) in [5.41, 5.74) is 2.62. The predicted molar refractivity (Wildman–Crippen MR) is 173 cm³/mol. The fourth-order valence-electron chi connectivity index (χ4n) is 5.59. The highest BCUT2D eigenvalue weighted by molar-refractivity contribution is 5.96. The average molecular weight is 624 g/mol. The number of methoxy groups -OCH3 is 1. The van der Waals surface area contributed by atoms with Gasteiger partial charge < -0.3 is 19.9 Å². The van der Waals surface area contributed by atoms with Crippen LogP contribution in [0.5, 0.6) is 17.2 Å². The molecule has 3 aromatic carbocycles. The maximum atomic E-state index is 13.9. The van der Waals surface area contributed by atoms with E-state index in [-0.39, 0.29) is 34.9 Å². The van der Waals surface area contributed by atoms with Crippen molar-refractivity contribution in [3.63, 3.8) is 0 Å². The fraction of sp³-hybridized carbons (Fsp3) is 0.459. The first-order chi connectivity index (χ1) is 21.8. The van der Waals surface area contributed by atoms with Gasteiger partial charge in [0.05, 0.1) is 7.11 Å². The van der Waals surface area contributed by atoms with Gasteiger partial charge in [-0.2, -0.15) is 8.78 Å². The lowest BCUT2D eigenvalue weighted by Crippen LogP contribution is -2.35. The van der Waals surface area contributed by atoms with Crippen LogP contribution in [0.4, 0.5) is 8.78 Å². The zero-order chi connectivity index (χ0) is 32.4. The van der Waals surface area contributed by atoms with Crippen LogP contribution in [0.25, 0.3) is 0 Å². The first kappa shape index (κ1) is 35.7. The SMILES string of the molecule is CCCCCNC[C@H](Cc1ccc(O)cc1)C(CCc1ccc(OC(F)F)cc1)C(=O)CCCCC(=O)c1ccc(OC)cc1. The van der Waals surface area contributed by atoms with E-state index in [1.807, 2.05) is 12.1 Å². The summed E-state index contributed by atoms with van der Waals surface area (Å²) in [6.45, 7) is 0.840. The van der Waals surface area contributed by atoms with Crippen molar-refractivity contribution in [3.8, 4) is 17.2 Å². The van der Waals surface area contributed by atoms with Gasteiger partial charge in [0.1, 0.15) is 23.0 Å². The topological polar surface area (TPSA) is 84.9 Å². The number of ketones is 2. The third-order valence-electron chi connectivity index (χ3n) is 8.16. The summed E-state index contributed by atoms with van der Waals surface area (Å²) in [5, 5.41) is 13.4. The Balaban J connectivity index is 1.70. The van der Waals surface area contributed by atoms with Crippen LogP contribution in [0, 0.1) is 11.8 Å². The second-order valence-corrected chi connectivity index (χ2v) is 11.5. The van der Waals surface area contributed by atoms with Crippen LogP contribution in [-0.4, -0.2) is 43.5 Å². The number of benzene rings is 3. The lowest BCUT2D eigenvalue weighted by molar-refractivity contribution is -0.124. The third-order valence-corrected chi connectivity index (χ3v) is 8.16. The minimum atomic E-state index is -2.88. The first-order valence-electron chi connectivity index (χ1n) is 16.0. The van der Waals surface area contributed by atoms with E-state index in [9.17, 15) is 23.5 Å². The van der Waals surface area contributed by atoms with Gasteiger partial charge in [0.15, 0.2) is 5.78 Å². The Labute approximate surface area is 266 Å². The molecular weight excluding hydrogens is 576 g/mol. The van der Waals surface area contributed by atoms with E-state index in [0.29, 0.717) is 62.8 Å². The lowest BCUT2D eigenvalue weighted by atomic mass is 9.79. The number of aryl methyl sites for hydroxylation is 1. The zero-order valence-corrected chi connectivity index (χ0v) is 26.5. The van der Waals surface area contributed by atoms with Gasteiger partial charge in [-0.1, -0.05) is 44.0 Å². The van der Waals surface area contributed by atoms with E-state index < -0.39 is 6.61 Å². The molecule has 3 aromatic rings. The Hall–Kier alpha value is -3.78. The molecule has 0 aliphatic rings. The van der Waals surface area contributed by atoms with E-state index in [1.165, 1.54) is 12.1 Å². The molecule has 1 unspecified atom stereocenters. The number of unbranched alkanes of at least 4 members (excludes halogenated alkanes) is 3. The number of carbonyl (C=O) groups excluding carboxylic acids is 2. The molecule has 45 heavy (non-hydrogen) atoms. The van der Waals surface area contributed by atoms with Crippen molar-refractivity contribution in [3.05, 3.63) is 89.5 Å². The predicted octanol–water partition coefficient (Wildman–Crippen LogP) is 8.20. The number of halogens is 2. The van der Waals surface area contributed by atoms with Gasteiger partial charge in [0.25, 0.3) is 0 Å². The summed E-state index contributed by atoms with van der Waals surface area (Å²) in [4.78, 5) is 26.6. The minimum Gasteiger partial charge on any atom is -0.508 e. The maximum Gasteiger partial charge on any atom is 0.387 e. The van der Waals surface area contributed by atoms with Crippen molar-refractivity contribution in [1.29, 1.82) is 0 Å². The van der Waals surface area contributed by atoms with Crippen molar-refractivity contribution in [2.24, 2.45) is 11.8 Å². The molecule has 8 heteroatoms. The van der Waals surface area contributed by atoms with E-state index >= 15 is 0 Å². The molecule has 0 saturated heterocycles. The van der Waals surface area contributed by atoms with Crippen LogP contribution < -0.4 is 14.8 Å². The number of phenolic OH excluding ortho intramolecular Hbond substituents is 1. The molecule has 3 rings (SSSR count). The molecule has 0 fully saturated rings. The summed E-state index contributed by atoms with van der Waals surface area (Å²) >= 11 is 0. The van der Waals surface area contributed by atoms with Crippen LogP contribution in [0.3, 0.4) is 0 Å². The van der Waals surface area contributed by atoms with Crippen molar-refractivity contribution >= 4 is 11.6 Å². The lowest BCUT2D eigenvalue weighted by Gasteiger charge is -2.27. The number of carbonyl (C=O) groups is 2. The van der Waals surface area contributed by atoms with Crippen molar-refractivity contribution in [1.82, 2.24) is 5.32 Å². The zero-order valence-electron chi connectivity index (χ0n) is 26.5. The second-order valence-electron chi connectivity index (χ2n) is 11.5. The number of hydrogen-bond donors (Lipinski definition) is 2. The number of alkyl halides is 2. The Morgan fingerprint density at radius 2 is 1.47 bits per heavy atom. The smallest absolute Gasteiger partial charge is 0.387 e. The molecule has 0 bridgehead atoms. The van der Waals surface area contributed by atoms with Crippen LogP contribution in [0.1, 0.15) is 79.8 Å². The Kier molecular flexibility index (Phi) is 15.5. The number of nitrogens with one attached hydrogen (secondary N) is 1. The molecule has 0 aromatic heterocycles. The van der Waals surface area contributed by atoms with Gasteiger partial charge in [-0.15, -0.1) is 0 Å². The monoisotopic (exact) mass is 623 g/mol. The van der Waals surface area contributed by atoms with Gasteiger partial charge in [0, 0.05) is 24.3 Å². The molecule has 6 nitrogen and oxygen atoms in total. The minimum absolute atomic E-state index is 0.0195. The highest BCUT2D eigenvalue weighted by Crippen LogP contribution is 2.27. The molecule has 0 saturated carbocycles. The number of ether oxygens (including phenoxy) is 2. The van der Waals surface area contributed by atoms with Gasteiger partial charge in [-0.05, 0) is 117 Å². The average Bonchev–Trinajstić information content (AvgIpc) is 3.04. The summed E-state index contributed by atoms with van der Waals surface area (Å²) in [6, 6.07) is 20.8. The molecule has 0 aliphatic carbocycles. The second kappa shape index (κ2) is 19.6. The molecule has 244 valence electrons. The van der Waals surface area contributed by atoms with E-state index in [2.05, 4.69) is 17.0 Å². The van der Waals surface area contributed by atoms with Crippen LogP contribution in [-0.2, 0) is 17.6 Å². The maximum absolute atomic E-state index is 13.9. The Bertz CT molecular complexity index is 1280. The van der Waals surface area contributed by atoms with Gasteiger partial charge >= 0.3 is 6.61 Å². The van der Waals surface area contributed by atoms with E-state index in [0.717, 1.165) is 36.9 Å². The Morgan fingerprint density at radius 1 is 0.822 bits per heavy atom. The summed E-state index contributed by atoms with van der Waals surface area (Å²) < 4.78 is 34.9. The number of aromatic hydroxyl groups is 1. The summed E-state index contributed by atoms with van der Waals surface area (Å²) in [5.74, 6) is 0.988. The first-order valence-corrected chi connectivity index (χ1v) is 16.0. The molecule has 2 N–H and O–H groups in total. The van der Waals surface area contributed by atoms with Crippen molar-refractivity contribution in [2.45, 2.75) is 77.7 Å². The Morgan fingerprint density at radius 3 is 2.11 bits per heavy atom. The highest BCUT2D eigenvalue weighted by Gasteiger charge is 2.28. The van der Waals surface area contributed by atoms with Crippen LogP contribution in [0.15, 0.2) is 72.8 Å². The number of hydrogen-bond acceptors (Lipinski definition) is 6. The van der Waals surface area contributed by atoms with Crippen LogP contribution >= 0.6 is 0 Å². The number of rotatable bonds is 22. The van der Waals surface area contributed by atoms with Crippen molar-refractivity contribution < 1.29 is 33.0 Å². The molecule has 0 heterocycles. The summed E-state index contributed by atoms with van der Waals surface area (Å²) in [7, 11) is 1.58. The molecule has 0 spiro atoms. The van der Waals surface area contributed by atoms with Crippen molar-refractivity contribution in [2.75, 3.05) is 20.2 Å². The van der Waals surface area contributed by atoms with Gasteiger partial charge in [-0.3, -0.25) is 9.59 Å². The van der Waals surface area contributed by atoms with E-state index in [4.69, 9.17) is 4.74 Å². The number of phenols is 1. The standard InChI is InChI=1S/C37H47F2NO5/c1-3-4-7-24-40-26-30(25-28-10-17-31(41)18-11-28)34(23-14-27-12-19-33(20-13-27)45-37(38)39)36(43)9-6-5-8-35(42)29-15-21-32(44-2)22-16-29/h10-13,15-22,30,34,37,40-41H,3-9,14,23-26H2,1-2H3/t30-,34?/m0/s1. The quantitative estimate of drug-likeness (QED) is 0.0867. The molecule has 0 amide bonds. The third kappa shape index (κ3) is 13.0. The van der Waals surface area contributed by atoms with Crippen LogP contribution in [0.2, 0.25) is 0 Å².